The Kier molecular flexibility index (Phi) is 3.44. The fourth-order valence-electron chi connectivity index (χ4n) is 1.44. The van der Waals surface area contributed by atoms with Gasteiger partial charge in [-0.15, -0.1) is 11.6 Å². The summed E-state index contributed by atoms with van der Waals surface area (Å²) in [6.07, 6.45) is 1.25. The van der Waals surface area contributed by atoms with Crippen LogP contribution in [-0.4, -0.2) is 10.9 Å². The number of carbonyl (C=O) groups excluding carboxylic acids is 1. The van der Waals surface area contributed by atoms with E-state index in [2.05, 4.69) is 10.3 Å². The van der Waals surface area contributed by atoms with Crippen LogP contribution in [0.25, 0.3) is 0 Å². The van der Waals surface area contributed by atoms with Gasteiger partial charge in [-0.1, -0.05) is 12.1 Å². The van der Waals surface area contributed by atoms with Crippen molar-refractivity contribution >= 4 is 23.2 Å². The standard InChI is InChI=1S/C12H11ClN2O2/c1-8-11(17-7-14-8)12(16)15-10-4-2-3-9(5-10)6-13/h2-5,7H,6H2,1H3,(H,15,16). The Hall–Kier alpha value is -1.81. The predicted molar refractivity (Wildman–Crippen MR) is 65.2 cm³/mol. The molecule has 0 aliphatic rings. The molecule has 1 aromatic heterocycles. The molecule has 0 saturated heterocycles. The zero-order valence-corrected chi connectivity index (χ0v) is 9.99. The zero-order chi connectivity index (χ0) is 12.3. The molecule has 0 radical (unpaired) electrons. The monoisotopic (exact) mass is 250 g/mol. The summed E-state index contributed by atoms with van der Waals surface area (Å²) in [6, 6.07) is 7.33. The van der Waals surface area contributed by atoms with Crippen LogP contribution in [0.15, 0.2) is 35.1 Å². The van der Waals surface area contributed by atoms with E-state index < -0.39 is 0 Å². The third kappa shape index (κ3) is 2.65. The van der Waals surface area contributed by atoms with Gasteiger partial charge in [0, 0.05) is 11.6 Å². The number of hydrogen-bond acceptors (Lipinski definition) is 3. The van der Waals surface area contributed by atoms with Crippen molar-refractivity contribution in [2.75, 3.05) is 5.32 Å². The molecule has 88 valence electrons. The molecule has 0 spiro atoms. The number of halogens is 1. The fraction of sp³-hybridized carbons (Fsp3) is 0.167. The first kappa shape index (κ1) is 11.7. The highest BCUT2D eigenvalue weighted by Crippen LogP contribution is 2.14. The summed E-state index contributed by atoms with van der Waals surface area (Å²) in [5.74, 6) is 0.318. The summed E-state index contributed by atoms with van der Waals surface area (Å²) in [7, 11) is 0. The Morgan fingerprint density at radius 1 is 1.53 bits per heavy atom. The van der Waals surface area contributed by atoms with Crippen molar-refractivity contribution in [1.82, 2.24) is 4.98 Å². The maximum absolute atomic E-state index is 11.8. The molecule has 1 aromatic carbocycles. The smallest absolute Gasteiger partial charge is 0.293 e. The number of amides is 1. The maximum atomic E-state index is 11.8. The van der Waals surface area contributed by atoms with Crippen molar-refractivity contribution in [2.24, 2.45) is 0 Å². The lowest BCUT2D eigenvalue weighted by Gasteiger charge is -2.04. The Labute approximate surface area is 104 Å². The van der Waals surface area contributed by atoms with Crippen LogP contribution in [0.3, 0.4) is 0 Å². The number of nitrogens with one attached hydrogen (secondary N) is 1. The third-order valence-electron chi connectivity index (χ3n) is 2.29. The van der Waals surface area contributed by atoms with E-state index in [9.17, 15) is 4.79 Å². The maximum Gasteiger partial charge on any atom is 0.293 e. The molecule has 0 unspecified atom stereocenters. The highest BCUT2D eigenvalue weighted by molar-refractivity contribution is 6.17. The Morgan fingerprint density at radius 2 is 2.35 bits per heavy atom. The Morgan fingerprint density at radius 3 is 3.00 bits per heavy atom. The second-order valence-electron chi connectivity index (χ2n) is 3.56. The molecule has 0 aliphatic carbocycles. The molecule has 17 heavy (non-hydrogen) atoms. The van der Waals surface area contributed by atoms with Gasteiger partial charge < -0.3 is 9.73 Å². The van der Waals surface area contributed by atoms with Crippen molar-refractivity contribution < 1.29 is 9.21 Å². The summed E-state index contributed by atoms with van der Waals surface area (Å²) < 4.78 is 5.01. The van der Waals surface area contributed by atoms with Crippen molar-refractivity contribution in [3.05, 3.63) is 47.7 Å². The van der Waals surface area contributed by atoms with Crippen LogP contribution >= 0.6 is 11.6 Å². The van der Waals surface area contributed by atoms with Crippen LogP contribution in [0.5, 0.6) is 0 Å². The number of aryl methyl sites for hydroxylation is 1. The molecule has 0 atom stereocenters. The van der Waals surface area contributed by atoms with Crippen molar-refractivity contribution in [3.63, 3.8) is 0 Å². The van der Waals surface area contributed by atoms with Crippen LogP contribution < -0.4 is 5.32 Å². The number of hydrogen-bond donors (Lipinski definition) is 1. The quantitative estimate of drug-likeness (QED) is 0.852. The van der Waals surface area contributed by atoms with E-state index in [0.717, 1.165) is 5.56 Å². The minimum absolute atomic E-state index is 0.223. The van der Waals surface area contributed by atoms with E-state index >= 15 is 0 Å². The van der Waals surface area contributed by atoms with Crippen LogP contribution in [0.2, 0.25) is 0 Å². The lowest BCUT2D eigenvalue weighted by Crippen LogP contribution is -2.12. The summed E-state index contributed by atoms with van der Waals surface area (Å²) >= 11 is 5.72. The molecule has 0 aliphatic heterocycles. The second-order valence-corrected chi connectivity index (χ2v) is 3.82. The van der Waals surface area contributed by atoms with Gasteiger partial charge in [0.25, 0.3) is 5.91 Å². The van der Waals surface area contributed by atoms with Gasteiger partial charge in [-0.2, -0.15) is 0 Å². The van der Waals surface area contributed by atoms with Crippen LogP contribution in [0.4, 0.5) is 5.69 Å². The molecular formula is C12H11ClN2O2. The number of oxazole rings is 1. The van der Waals surface area contributed by atoms with Gasteiger partial charge >= 0.3 is 0 Å². The summed E-state index contributed by atoms with van der Waals surface area (Å²) in [5, 5.41) is 2.73. The number of rotatable bonds is 3. The van der Waals surface area contributed by atoms with Gasteiger partial charge in [0.05, 0.1) is 5.69 Å². The SMILES string of the molecule is Cc1ncoc1C(=O)Nc1cccc(CCl)c1. The molecule has 1 N–H and O–H groups in total. The molecule has 5 heteroatoms. The minimum atomic E-state index is -0.313. The normalized spacial score (nSPS) is 10.2. The lowest BCUT2D eigenvalue weighted by molar-refractivity contribution is 0.0996. The fourth-order valence-corrected chi connectivity index (χ4v) is 1.61. The first-order valence-corrected chi connectivity index (χ1v) is 5.60. The molecule has 0 saturated carbocycles. The Balaban J connectivity index is 2.16. The van der Waals surface area contributed by atoms with E-state index in [1.54, 1.807) is 13.0 Å². The first-order valence-electron chi connectivity index (χ1n) is 5.07. The molecule has 4 nitrogen and oxygen atoms in total. The van der Waals surface area contributed by atoms with E-state index in [-0.39, 0.29) is 11.7 Å². The molecule has 1 amide bonds. The number of nitrogens with zero attached hydrogens (tertiary/aromatic N) is 1. The average molecular weight is 251 g/mol. The number of anilines is 1. The second kappa shape index (κ2) is 5.01. The van der Waals surface area contributed by atoms with E-state index in [4.69, 9.17) is 16.0 Å². The van der Waals surface area contributed by atoms with Gasteiger partial charge in [0.2, 0.25) is 5.76 Å². The van der Waals surface area contributed by atoms with E-state index in [1.807, 2.05) is 18.2 Å². The minimum Gasteiger partial charge on any atom is -0.438 e. The molecule has 1 heterocycles. The molecule has 0 bridgehead atoms. The van der Waals surface area contributed by atoms with Gasteiger partial charge in [-0.3, -0.25) is 4.79 Å². The summed E-state index contributed by atoms with van der Waals surface area (Å²) in [6.45, 7) is 1.72. The Bertz CT molecular complexity index is 537. The van der Waals surface area contributed by atoms with Crippen LogP contribution in [0.1, 0.15) is 21.8 Å². The molecule has 2 rings (SSSR count). The zero-order valence-electron chi connectivity index (χ0n) is 9.24. The molecule has 2 aromatic rings. The van der Waals surface area contributed by atoms with Crippen molar-refractivity contribution in [3.8, 4) is 0 Å². The van der Waals surface area contributed by atoms with Crippen molar-refractivity contribution in [1.29, 1.82) is 0 Å². The van der Waals surface area contributed by atoms with E-state index in [0.29, 0.717) is 17.3 Å². The van der Waals surface area contributed by atoms with Gasteiger partial charge in [-0.05, 0) is 24.6 Å². The lowest BCUT2D eigenvalue weighted by atomic mass is 10.2. The summed E-state index contributed by atoms with van der Waals surface area (Å²) in [4.78, 5) is 15.7. The van der Waals surface area contributed by atoms with Crippen molar-refractivity contribution in [2.45, 2.75) is 12.8 Å². The number of aromatic nitrogens is 1. The van der Waals surface area contributed by atoms with Gasteiger partial charge in [0.1, 0.15) is 0 Å². The van der Waals surface area contributed by atoms with Crippen LogP contribution in [-0.2, 0) is 5.88 Å². The third-order valence-corrected chi connectivity index (χ3v) is 2.60. The van der Waals surface area contributed by atoms with E-state index in [1.165, 1.54) is 6.39 Å². The molecule has 0 fully saturated rings. The molecular weight excluding hydrogens is 240 g/mol. The number of alkyl halides is 1. The predicted octanol–water partition coefficient (Wildman–Crippen LogP) is 2.97. The highest BCUT2D eigenvalue weighted by atomic mass is 35.5. The van der Waals surface area contributed by atoms with Gasteiger partial charge in [0.15, 0.2) is 6.39 Å². The van der Waals surface area contributed by atoms with Gasteiger partial charge in [-0.25, -0.2) is 4.98 Å². The number of benzene rings is 1. The average Bonchev–Trinajstić information content (AvgIpc) is 2.76. The van der Waals surface area contributed by atoms with Crippen LogP contribution in [0, 0.1) is 6.92 Å². The first-order chi connectivity index (χ1) is 8.20. The summed E-state index contributed by atoms with van der Waals surface area (Å²) in [5.41, 5.74) is 2.19. The topological polar surface area (TPSA) is 55.1 Å². The largest absolute Gasteiger partial charge is 0.438 e. The highest BCUT2D eigenvalue weighted by Gasteiger charge is 2.13. The number of carbonyl (C=O) groups is 1.